The number of hydrogen-bond acceptors (Lipinski definition) is 4. The molecule has 0 saturated heterocycles. The number of halogens is 2. The predicted octanol–water partition coefficient (Wildman–Crippen LogP) is 4.43. The van der Waals surface area contributed by atoms with Crippen LogP contribution in [-0.2, 0) is 11.2 Å². The highest BCUT2D eigenvalue weighted by molar-refractivity contribution is 7.17. The number of benzene rings is 2. The first-order valence-electron chi connectivity index (χ1n) is 7.99. The normalized spacial score (nSPS) is 10.5. The molecule has 138 valence electrons. The van der Waals surface area contributed by atoms with Crippen LogP contribution in [0.4, 0.5) is 0 Å². The predicted molar refractivity (Wildman–Crippen MR) is 108 cm³/mol. The largest absolute Gasteiger partial charge is 0.281 e. The van der Waals surface area contributed by atoms with Crippen molar-refractivity contribution in [1.82, 2.24) is 15.8 Å². The first kappa shape index (κ1) is 19.4. The average molecular weight is 420 g/mol. The van der Waals surface area contributed by atoms with Crippen LogP contribution in [0.1, 0.15) is 20.9 Å². The van der Waals surface area contributed by atoms with Gasteiger partial charge >= 0.3 is 0 Å². The molecule has 2 N–H and O–H groups in total. The third-order valence-electron chi connectivity index (χ3n) is 3.69. The molecule has 0 spiro atoms. The Morgan fingerprint density at radius 2 is 1.56 bits per heavy atom. The van der Waals surface area contributed by atoms with Crippen LogP contribution < -0.4 is 10.9 Å². The molecule has 0 bridgehead atoms. The van der Waals surface area contributed by atoms with E-state index in [0.717, 1.165) is 11.1 Å². The molecule has 0 aliphatic heterocycles. The number of nitrogens with zero attached hydrogens (tertiary/aromatic N) is 1. The molecule has 0 fully saturated rings. The van der Waals surface area contributed by atoms with E-state index in [2.05, 4.69) is 15.8 Å². The van der Waals surface area contributed by atoms with Gasteiger partial charge in [0.2, 0.25) is 5.91 Å². The van der Waals surface area contributed by atoms with Crippen LogP contribution in [0.3, 0.4) is 0 Å². The van der Waals surface area contributed by atoms with E-state index in [0.29, 0.717) is 25.6 Å². The summed E-state index contributed by atoms with van der Waals surface area (Å²) in [5.74, 6) is -0.736. The molecular weight excluding hydrogens is 405 g/mol. The van der Waals surface area contributed by atoms with Gasteiger partial charge in [0.1, 0.15) is 9.88 Å². The second-order valence-electron chi connectivity index (χ2n) is 5.75. The molecule has 27 heavy (non-hydrogen) atoms. The van der Waals surface area contributed by atoms with E-state index < -0.39 is 5.91 Å². The van der Waals surface area contributed by atoms with Crippen molar-refractivity contribution in [2.24, 2.45) is 0 Å². The third kappa shape index (κ3) is 5.07. The van der Waals surface area contributed by atoms with Crippen LogP contribution in [0, 0.1) is 6.92 Å². The fourth-order valence-electron chi connectivity index (χ4n) is 2.34. The highest BCUT2D eigenvalue weighted by Crippen LogP contribution is 2.28. The maximum absolute atomic E-state index is 12.4. The molecule has 0 aliphatic rings. The molecule has 0 aliphatic carbocycles. The van der Waals surface area contributed by atoms with E-state index in [9.17, 15) is 9.59 Å². The van der Waals surface area contributed by atoms with E-state index in [1.165, 1.54) is 11.3 Å². The minimum absolute atomic E-state index is 0.134. The molecule has 0 unspecified atom stereocenters. The molecule has 0 radical (unpaired) electrons. The quantitative estimate of drug-likeness (QED) is 0.614. The lowest BCUT2D eigenvalue weighted by Gasteiger charge is -2.06. The van der Waals surface area contributed by atoms with Crippen molar-refractivity contribution in [3.63, 3.8) is 0 Å². The van der Waals surface area contributed by atoms with Crippen LogP contribution in [0.25, 0.3) is 10.6 Å². The summed E-state index contributed by atoms with van der Waals surface area (Å²) in [7, 11) is 0. The van der Waals surface area contributed by atoms with Crippen LogP contribution in [0.2, 0.25) is 10.0 Å². The Hall–Kier alpha value is -2.41. The van der Waals surface area contributed by atoms with Crippen molar-refractivity contribution in [2.75, 3.05) is 0 Å². The van der Waals surface area contributed by atoms with Gasteiger partial charge in [-0.3, -0.25) is 20.4 Å². The van der Waals surface area contributed by atoms with E-state index in [-0.39, 0.29) is 12.3 Å². The van der Waals surface area contributed by atoms with Gasteiger partial charge in [-0.05, 0) is 36.8 Å². The van der Waals surface area contributed by atoms with Gasteiger partial charge in [-0.25, -0.2) is 4.98 Å². The standard InChI is InChI=1S/C19H15Cl2N3O2S/c1-11-17(27-19(22-11)13-4-8-15(21)9-5-13)18(26)24-23-16(25)10-12-2-6-14(20)7-3-12/h2-9H,10H2,1H3,(H,23,25)(H,24,26). The van der Waals surface area contributed by atoms with Crippen molar-refractivity contribution in [3.05, 3.63) is 74.7 Å². The zero-order chi connectivity index (χ0) is 19.4. The number of carbonyl (C=O) groups excluding carboxylic acids is 2. The fraction of sp³-hybridized carbons (Fsp3) is 0.105. The Morgan fingerprint density at radius 1 is 0.963 bits per heavy atom. The molecule has 5 nitrogen and oxygen atoms in total. The van der Waals surface area contributed by atoms with Gasteiger partial charge in [-0.1, -0.05) is 47.5 Å². The number of nitrogens with one attached hydrogen (secondary N) is 2. The summed E-state index contributed by atoms with van der Waals surface area (Å²) in [5.41, 5.74) is 7.11. The first-order valence-corrected chi connectivity index (χ1v) is 9.56. The Kier molecular flexibility index (Phi) is 6.11. The van der Waals surface area contributed by atoms with Gasteiger partial charge in [0.25, 0.3) is 5.91 Å². The smallest absolute Gasteiger partial charge is 0.273 e. The molecule has 0 atom stereocenters. The highest BCUT2D eigenvalue weighted by Gasteiger charge is 2.17. The van der Waals surface area contributed by atoms with Crippen molar-refractivity contribution in [3.8, 4) is 10.6 Å². The zero-order valence-electron chi connectivity index (χ0n) is 14.3. The molecular formula is C19H15Cl2N3O2S. The second kappa shape index (κ2) is 8.52. The lowest BCUT2D eigenvalue weighted by atomic mass is 10.1. The monoisotopic (exact) mass is 419 g/mol. The number of hydrazine groups is 1. The Morgan fingerprint density at radius 3 is 2.19 bits per heavy atom. The Labute approximate surface area is 170 Å². The zero-order valence-corrected chi connectivity index (χ0v) is 16.6. The third-order valence-corrected chi connectivity index (χ3v) is 5.40. The number of hydrogen-bond donors (Lipinski definition) is 2. The van der Waals surface area contributed by atoms with Crippen LogP contribution in [0.5, 0.6) is 0 Å². The summed E-state index contributed by atoms with van der Waals surface area (Å²) < 4.78 is 0. The molecule has 2 aromatic carbocycles. The molecule has 0 saturated carbocycles. The number of amides is 2. The lowest BCUT2D eigenvalue weighted by Crippen LogP contribution is -2.42. The van der Waals surface area contributed by atoms with Gasteiger partial charge < -0.3 is 0 Å². The number of aromatic nitrogens is 1. The minimum atomic E-state index is -0.408. The van der Waals surface area contributed by atoms with Gasteiger partial charge in [0.15, 0.2) is 0 Å². The van der Waals surface area contributed by atoms with Gasteiger partial charge in [-0.15, -0.1) is 11.3 Å². The molecule has 3 rings (SSSR count). The van der Waals surface area contributed by atoms with Crippen molar-refractivity contribution in [1.29, 1.82) is 0 Å². The number of aryl methyl sites for hydroxylation is 1. The van der Waals surface area contributed by atoms with Gasteiger partial charge in [-0.2, -0.15) is 0 Å². The van der Waals surface area contributed by atoms with Crippen LogP contribution >= 0.6 is 34.5 Å². The topological polar surface area (TPSA) is 71.1 Å². The summed E-state index contributed by atoms with van der Waals surface area (Å²) in [6, 6.07) is 14.2. The maximum Gasteiger partial charge on any atom is 0.281 e. The maximum atomic E-state index is 12.4. The summed E-state index contributed by atoms with van der Waals surface area (Å²) in [4.78, 5) is 29.2. The summed E-state index contributed by atoms with van der Waals surface area (Å²) >= 11 is 13.0. The second-order valence-corrected chi connectivity index (χ2v) is 7.62. The molecule has 1 heterocycles. The van der Waals surface area contributed by atoms with Crippen molar-refractivity contribution < 1.29 is 9.59 Å². The van der Waals surface area contributed by atoms with Gasteiger partial charge in [0.05, 0.1) is 12.1 Å². The highest BCUT2D eigenvalue weighted by atomic mass is 35.5. The van der Waals surface area contributed by atoms with E-state index in [4.69, 9.17) is 23.2 Å². The molecule has 1 aromatic heterocycles. The number of carbonyl (C=O) groups is 2. The SMILES string of the molecule is Cc1nc(-c2ccc(Cl)cc2)sc1C(=O)NNC(=O)Cc1ccc(Cl)cc1. The van der Waals surface area contributed by atoms with Crippen molar-refractivity contribution in [2.45, 2.75) is 13.3 Å². The van der Waals surface area contributed by atoms with E-state index in [1.54, 1.807) is 43.3 Å². The van der Waals surface area contributed by atoms with Crippen LogP contribution in [0.15, 0.2) is 48.5 Å². The van der Waals surface area contributed by atoms with E-state index >= 15 is 0 Å². The Balaban J connectivity index is 1.61. The van der Waals surface area contributed by atoms with Crippen LogP contribution in [-0.4, -0.2) is 16.8 Å². The number of rotatable bonds is 4. The van der Waals surface area contributed by atoms with E-state index in [1.807, 2.05) is 12.1 Å². The summed E-state index contributed by atoms with van der Waals surface area (Å²) in [5, 5.41) is 1.94. The first-order chi connectivity index (χ1) is 12.9. The molecule has 2 amide bonds. The number of thiazole rings is 1. The molecule has 3 aromatic rings. The lowest BCUT2D eigenvalue weighted by molar-refractivity contribution is -0.121. The minimum Gasteiger partial charge on any atom is -0.273 e. The fourth-order valence-corrected chi connectivity index (χ4v) is 3.56. The Bertz CT molecular complexity index is 970. The average Bonchev–Trinajstić information content (AvgIpc) is 3.04. The summed E-state index contributed by atoms with van der Waals surface area (Å²) in [6.45, 7) is 1.75. The summed E-state index contributed by atoms with van der Waals surface area (Å²) in [6.07, 6.45) is 0.134. The van der Waals surface area contributed by atoms with Crippen molar-refractivity contribution >= 4 is 46.4 Å². The van der Waals surface area contributed by atoms with Gasteiger partial charge in [0, 0.05) is 15.6 Å². The molecule has 8 heteroatoms.